The number of pyridine rings is 2. The Hall–Kier alpha value is -3.92. The Labute approximate surface area is 168 Å². The number of fused-ring (bicyclic) bond motifs is 1. The summed E-state index contributed by atoms with van der Waals surface area (Å²) in [5, 5.41) is 12.3. The molecule has 1 atom stereocenters. The van der Waals surface area contributed by atoms with Crippen LogP contribution in [0.1, 0.15) is 11.4 Å². The minimum Gasteiger partial charge on any atom is -0.495 e. The summed E-state index contributed by atoms with van der Waals surface area (Å²) in [4.78, 5) is 13.5. The minimum atomic E-state index is 0.0194. The first-order valence-corrected chi connectivity index (χ1v) is 9.10. The summed E-state index contributed by atoms with van der Waals surface area (Å²) < 4.78 is 10.9. The molecule has 0 fully saturated rings. The summed E-state index contributed by atoms with van der Waals surface area (Å²) in [6, 6.07) is 9.60. The number of aliphatic imine (C=N–C) groups is 1. The lowest BCUT2D eigenvalue weighted by Gasteiger charge is -2.14. The van der Waals surface area contributed by atoms with Crippen LogP contribution < -0.4 is 14.8 Å². The van der Waals surface area contributed by atoms with E-state index in [4.69, 9.17) is 19.7 Å². The number of nitriles is 1. The van der Waals surface area contributed by atoms with E-state index < -0.39 is 0 Å². The van der Waals surface area contributed by atoms with Gasteiger partial charge in [-0.15, -0.1) is 0 Å². The lowest BCUT2D eigenvalue weighted by Crippen LogP contribution is -2.20. The van der Waals surface area contributed by atoms with Gasteiger partial charge in [0.15, 0.2) is 0 Å². The Bertz CT molecular complexity index is 1070. The van der Waals surface area contributed by atoms with Crippen LogP contribution in [0.2, 0.25) is 0 Å². The predicted octanol–water partition coefficient (Wildman–Crippen LogP) is 3.04. The normalized spacial score (nSPS) is 17.2. The van der Waals surface area contributed by atoms with Crippen LogP contribution in [-0.2, 0) is 6.61 Å². The SMILES string of the molecule is CNC1=C(c2ccc(OCc3ccc(OC)cn3)cn2)N=C2C=C(C#N)C=CC21. The lowest BCUT2D eigenvalue weighted by atomic mass is 9.93. The molecule has 1 aliphatic heterocycles. The smallest absolute Gasteiger partial charge is 0.138 e. The molecule has 0 spiro atoms. The van der Waals surface area contributed by atoms with Crippen molar-refractivity contribution in [2.24, 2.45) is 10.9 Å². The second kappa shape index (κ2) is 7.98. The molecule has 0 saturated carbocycles. The van der Waals surface area contributed by atoms with Gasteiger partial charge in [0, 0.05) is 7.05 Å². The fourth-order valence-corrected chi connectivity index (χ4v) is 3.20. The second-order valence-corrected chi connectivity index (χ2v) is 6.45. The Morgan fingerprint density at radius 1 is 1.14 bits per heavy atom. The molecular formula is C22H19N5O2. The van der Waals surface area contributed by atoms with Gasteiger partial charge in [0.2, 0.25) is 0 Å². The van der Waals surface area contributed by atoms with Crippen LogP contribution in [0.25, 0.3) is 5.70 Å². The van der Waals surface area contributed by atoms with Gasteiger partial charge in [-0.25, -0.2) is 4.99 Å². The topological polar surface area (TPSA) is 92.4 Å². The van der Waals surface area contributed by atoms with Gasteiger partial charge in [-0.3, -0.25) is 9.97 Å². The number of ether oxygens (including phenoxy) is 2. The molecule has 3 heterocycles. The third-order valence-electron chi connectivity index (χ3n) is 4.69. The summed E-state index contributed by atoms with van der Waals surface area (Å²) >= 11 is 0. The monoisotopic (exact) mass is 385 g/mol. The fourth-order valence-electron chi connectivity index (χ4n) is 3.20. The van der Waals surface area contributed by atoms with Crippen molar-refractivity contribution in [2.75, 3.05) is 14.2 Å². The van der Waals surface area contributed by atoms with Gasteiger partial charge in [0.25, 0.3) is 0 Å². The number of hydrogen-bond donors (Lipinski definition) is 1. The molecule has 144 valence electrons. The first-order chi connectivity index (χ1) is 14.2. The van der Waals surface area contributed by atoms with Crippen LogP contribution in [0, 0.1) is 17.2 Å². The molecule has 4 rings (SSSR count). The van der Waals surface area contributed by atoms with E-state index in [-0.39, 0.29) is 5.92 Å². The molecule has 29 heavy (non-hydrogen) atoms. The van der Waals surface area contributed by atoms with Gasteiger partial charge in [-0.2, -0.15) is 5.26 Å². The van der Waals surface area contributed by atoms with Gasteiger partial charge >= 0.3 is 0 Å². The van der Waals surface area contributed by atoms with Crippen molar-refractivity contribution in [3.63, 3.8) is 0 Å². The van der Waals surface area contributed by atoms with E-state index >= 15 is 0 Å². The zero-order chi connectivity index (χ0) is 20.2. The van der Waals surface area contributed by atoms with Gasteiger partial charge in [-0.1, -0.05) is 6.08 Å². The molecule has 7 heteroatoms. The maximum Gasteiger partial charge on any atom is 0.138 e. The maximum atomic E-state index is 9.12. The van der Waals surface area contributed by atoms with E-state index in [9.17, 15) is 0 Å². The Morgan fingerprint density at radius 2 is 1.97 bits per heavy atom. The molecule has 0 bridgehead atoms. The molecule has 2 aromatic rings. The van der Waals surface area contributed by atoms with E-state index in [1.165, 1.54) is 0 Å². The van der Waals surface area contributed by atoms with Gasteiger partial charge in [0.1, 0.15) is 23.8 Å². The van der Waals surface area contributed by atoms with E-state index in [1.807, 2.05) is 49.5 Å². The zero-order valence-corrected chi connectivity index (χ0v) is 16.1. The summed E-state index contributed by atoms with van der Waals surface area (Å²) in [6.07, 6.45) is 8.95. The van der Waals surface area contributed by atoms with E-state index in [0.29, 0.717) is 23.7 Å². The molecule has 2 aromatic heterocycles. The van der Waals surface area contributed by atoms with Crippen LogP contribution in [0.3, 0.4) is 0 Å². The van der Waals surface area contributed by atoms with Crippen molar-refractivity contribution in [3.8, 4) is 17.6 Å². The van der Waals surface area contributed by atoms with Gasteiger partial charge in [-0.05, 0) is 36.4 Å². The van der Waals surface area contributed by atoms with Crippen molar-refractivity contribution in [2.45, 2.75) is 6.61 Å². The highest BCUT2D eigenvalue weighted by Crippen LogP contribution is 2.34. The number of hydrogen-bond acceptors (Lipinski definition) is 7. The Morgan fingerprint density at radius 3 is 2.62 bits per heavy atom. The van der Waals surface area contributed by atoms with Crippen molar-refractivity contribution in [1.82, 2.24) is 15.3 Å². The van der Waals surface area contributed by atoms with Crippen LogP contribution in [0.15, 0.2) is 71.1 Å². The number of rotatable bonds is 6. The minimum absolute atomic E-state index is 0.0194. The number of nitrogens with one attached hydrogen (secondary N) is 1. The van der Waals surface area contributed by atoms with Crippen LogP contribution >= 0.6 is 0 Å². The molecule has 0 aromatic carbocycles. The van der Waals surface area contributed by atoms with Crippen molar-refractivity contribution >= 4 is 11.4 Å². The first kappa shape index (κ1) is 18.4. The lowest BCUT2D eigenvalue weighted by molar-refractivity contribution is 0.299. The molecule has 1 unspecified atom stereocenters. The number of nitrogens with zero attached hydrogens (tertiary/aromatic N) is 4. The highest BCUT2D eigenvalue weighted by Gasteiger charge is 2.29. The molecule has 2 aliphatic rings. The standard InChI is InChI=1S/C22H19N5O2/c1-24-21-18-7-3-14(10-23)9-20(18)27-22(21)19-8-6-17(12-26-19)29-13-15-4-5-16(28-2)11-25-15/h3-9,11-12,18,24H,13H2,1-2H3. The van der Waals surface area contributed by atoms with Crippen molar-refractivity contribution in [3.05, 3.63) is 77.5 Å². The van der Waals surface area contributed by atoms with Crippen LogP contribution in [0.5, 0.6) is 11.5 Å². The Balaban J connectivity index is 1.50. The van der Waals surface area contributed by atoms with Crippen LogP contribution in [0.4, 0.5) is 0 Å². The average molecular weight is 385 g/mol. The van der Waals surface area contributed by atoms with Crippen molar-refractivity contribution in [1.29, 1.82) is 5.26 Å². The quantitative estimate of drug-likeness (QED) is 0.822. The predicted molar refractivity (Wildman–Crippen MR) is 109 cm³/mol. The summed E-state index contributed by atoms with van der Waals surface area (Å²) in [6.45, 7) is 0.340. The highest BCUT2D eigenvalue weighted by molar-refractivity contribution is 6.09. The largest absolute Gasteiger partial charge is 0.495 e. The number of aromatic nitrogens is 2. The number of methoxy groups -OCH3 is 1. The van der Waals surface area contributed by atoms with E-state index in [1.54, 1.807) is 19.5 Å². The molecule has 0 saturated heterocycles. The molecule has 0 radical (unpaired) electrons. The maximum absolute atomic E-state index is 9.12. The third-order valence-corrected chi connectivity index (χ3v) is 4.69. The fraction of sp³-hybridized carbons (Fsp3) is 0.182. The molecule has 0 amide bonds. The number of allylic oxidation sites excluding steroid dienone is 4. The zero-order valence-electron chi connectivity index (χ0n) is 16.1. The first-order valence-electron chi connectivity index (χ1n) is 9.10. The molecule has 1 aliphatic carbocycles. The molecule has 7 nitrogen and oxygen atoms in total. The molecule has 1 N–H and O–H groups in total. The average Bonchev–Trinajstić information content (AvgIpc) is 3.16. The van der Waals surface area contributed by atoms with Crippen molar-refractivity contribution < 1.29 is 9.47 Å². The summed E-state index contributed by atoms with van der Waals surface area (Å²) in [5.41, 5.74) is 4.72. The highest BCUT2D eigenvalue weighted by atomic mass is 16.5. The van der Waals surface area contributed by atoms with Gasteiger partial charge in [0.05, 0.1) is 59.9 Å². The second-order valence-electron chi connectivity index (χ2n) is 6.45. The van der Waals surface area contributed by atoms with Gasteiger partial charge < -0.3 is 14.8 Å². The molecular weight excluding hydrogens is 366 g/mol. The van der Waals surface area contributed by atoms with E-state index in [0.717, 1.165) is 28.5 Å². The van der Waals surface area contributed by atoms with E-state index in [2.05, 4.69) is 21.4 Å². The Kier molecular flexibility index (Phi) is 5.08. The summed E-state index contributed by atoms with van der Waals surface area (Å²) in [7, 11) is 3.47. The third kappa shape index (κ3) is 3.73. The summed E-state index contributed by atoms with van der Waals surface area (Å²) in [5.74, 6) is 1.37. The van der Waals surface area contributed by atoms with Crippen LogP contribution in [-0.4, -0.2) is 29.8 Å².